The van der Waals surface area contributed by atoms with Crippen LogP contribution in [0.25, 0.3) is 0 Å². The summed E-state index contributed by atoms with van der Waals surface area (Å²) < 4.78 is 5.78. The molecule has 0 spiro atoms. The maximum Gasteiger partial charge on any atom is 0.119 e. The summed E-state index contributed by atoms with van der Waals surface area (Å²) in [4.78, 5) is 0. The minimum Gasteiger partial charge on any atom is -0.492 e. The van der Waals surface area contributed by atoms with Gasteiger partial charge in [0.1, 0.15) is 12.4 Å². The predicted octanol–water partition coefficient (Wildman–Crippen LogP) is 3.09. The van der Waals surface area contributed by atoms with Gasteiger partial charge in [0.15, 0.2) is 0 Å². The SMILES string of the molecule is CCNC(COc1ccccc1)C(C)CC. The molecule has 0 aromatic heterocycles. The minimum absolute atomic E-state index is 0.440. The third-order valence-corrected chi connectivity index (χ3v) is 2.97. The Morgan fingerprint density at radius 3 is 2.44 bits per heavy atom. The highest BCUT2D eigenvalue weighted by molar-refractivity contribution is 5.20. The number of para-hydroxylation sites is 1. The van der Waals surface area contributed by atoms with Gasteiger partial charge in [0.2, 0.25) is 0 Å². The molecule has 0 saturated heterocycles. The first-order valence-electron chi connectivity index (χ1n) is 6.19. The maximum atomic E-state index is 5.78. The molecule has 2 heteroatoms. The summed E-state index contributed by atoms with van der Waals surface area (Å²) in [5.74, 6) is 1.59. The molecule has 2 atom stereocenters. The summed E-state index contributed by atoms with van der Waals surface area (Å²) in [6.45, 7) is 8.36. The van der Waals surface area contributed by atoms with E-state index >= 15 is 0 Å². The summed E-state index contributed by atoms with van der Waals surface area (Å²) in [6, 6.07) is 10.4. The molecular weight excluding hydrogens is 198 g/mol. The molecule has 1 N–H and O–H groups in total. The second-order valence-corrected chi connectivity index (χ2v) is 4.17. The molecule has 16 heavy (non-hydrogen) atoms. The van der Waals surface area contributed by atoms with Crippen molar-refractivity contribution >= 4 is 0 Å². The first-order valence-corrected chi connectivity index (χ1v) is 6.19. The number of hydrogen-bond donors (Lipinski definition) is 1. The van der Waals surface area contributed by atoms with E-state index in [1.807, 2.05) is 30.3 Å². The van der Waals surface area contributed by atoms with Crippen molar-refractivity contribution < 1.29 is 4.74 Å². The van der Waals surface area contributed by atoms with Crippen LogP contribution in [0.2, 0.25) is 0 Å². The second-order valence-electron chi connectivity index (χ2n) is 4.17. The van der Waals surface area contributed by atoms with Crippen LogP contribution in [0.3, 0.4) is 0 Å². The Hall–Kier alpha value is -1.02. The Kier molecular flexibility index (Phi) is 5.94. The smallest absolute Gasteiger partial charge is 0.119 e. The molecule has 0 aliphatic rings. The van der Waals surface area contributed by atoms with Gasteiger partial charge < -0.3 is 10.1 Å². The van der Waals surface area contributed by atoms with Crippen molar-refractivity contribution in [1.29, 1.82) is 0 Å². The van der Waals surface area contributed by atoms with Gasteiger partial charge in [-0.3, -0.25) is 0 Å². The lowest BCUT2D eigenvalue weighted by molar-refractivity contribution is 0.222. The third-order valence-electron chi connectivity index (χ3n) is 2.97. The van der Waals surface area contributed by atoms with Crippen molar-refractivity contribution in [2.75, 3.05) is 13.2 Å². The normalized spacial score (nSPS) is 14.4. The van der Waals surface area contributed by atoms with E-state index in [9.17, 15) is 0 Å². The molecule has 0 aliphatic carbocycles. The van der Waals surface area contributed by atoms with Crippen LogP contribution in [0.5, 0.6) is 5.75 Å². The molecule has 0 aliphatic heterocycles. The lowest BCUT2D eigenvalue weighted by Crippen LogP contribution is -2.39. The molecule has 1 rings (SSSR count). The summed E-state index contributed by atoms with van der Waals surface area (Å²) in [5.41, 5.74) is 0. The highest BCUT2D eigenvalue weighted by Crippen LogP contribution is 2.12. The molecule has 0 bridgehead atoms. The van der Waals surface area contributed by atoms with Crippen molar-refractivity contribution in [3.05, 3.63) is 30.3 Å². The Balaban J connectivity index is 2.43. The van der Waals surface area contributed by atoms with Gasteiger partial charge in [-0.1, -0.05) is 45.4 Å². The predicted molar refractivity (Wildman–Crippen MR) is 68.9 cm³/mol. The number of benzene rings is 1. The molecule has 1 aromatic rings. The number of rotatable bonds is 7. The quantitative estimate of drug-likeness (QED) is 0.764. The van der Waals surface area contributed by atoms with Crippen LogP contribution < -0.4 is 10.1 Å². The van der Waals surface area contributed by atoms with Crippen molar-refractivity contribution in [2.45, 2.75) is 33.2 Å². The van der Waals surface area contributed by atoms with Gasteiger partial charge in [0, 0.05) is 6.04 Å². The first kappa shape index (κ1) is 13.0. The van der Waals surface area contributed by atoms with E-state index < -0.39 is 0 Å². The molecule has 0 heterocycles. The van der Waals surface area contributed by atoms with Crippen LogP contribution in [0.1, 0.15) is 27.2 Å². The zero-order valence-corrected chi connectivity index (χ0v) is 10.6. The van der Waals surface area contributed by atoms with Crippen LogP contribution in [-0.2, 0) is 0 Å². The number of likely N-dealkylation sites (N-methyl/N-ethyl adjacent to an activating group) is 1. The first-order chi connectivity index (χ1) is 7.77. The van der Waals surface area contributed by atoms with Crippen LogP contribution in [-0.4, -0.2) is 19.2 Å². The molecule has 0 fully saturated rings. The largest absolute Gasteiger partial charge is 0.492 e. The molecule has 2 nitrogen and oxygen atoms in total. The topological polar surface area (TPSA) is 21.3 Å². The fraction of sp³-hybridized carbons (Fsp3) is 0.571. The van der Waals surface area contributed by atoms with Crippen molar-refractivity contribution in [3.63, 3.8) is 0 Å². The van der Waals surface area contributed by atoms with E-state index in [1.54, 1.807) is 0 Å². The lowest BCUT2D eigenvalue weighted by Gasteiger charge is -2.23. The fourth-order valence-corrected chi connectivity index (χ4v) is 1.67. The number of ether oxygens (including phenoxy) is 1. The van der Waals surface area contributed by atoms with Gasteiger partial charge in [-0.15, -0.1) is 0 Å². The van der Waals surface area contributed by atoms with Gasteiger partial charge in [0.25, 0.3) is 0 Å². The van der Waals surface area contributed by atoms with Gasteiger partial charge >= 0.3 is 0 Å². The highest BCUT2D eigenvalue weighted by atomic mass is 16.5. The van der Waals surface area contributed by atoms with Gasteiger partial charge in [-0.05, 0) is 24.6 Å². The standard InChI is InChI=1S/C14H23NO/c1-4-12(3)14(15-5-2)11-16-13-9-7-6-8-10-13/h6-10,12,14-15H,4-5,11H2,1-3H3. The molecule has 0 amide bonds. The van der Waals surface area contributed by atoms with Gasteiger partial charge in [-0.25, -0.2) is 0 Å². The molecule has 1 aromatic carbocycles. The average Bonchev–Trinajstić information content (AvgIpc) is 2.34. The zero-order valence-electron chi connectivity index (χ0n) is 10.6. The average molecular weight is 221 g/mol. The van der Waals surface area contributed by atoms with Crippen LogP contribution in [0.4, 0.5) is 0 Å². The highest BCUT2D eigenvalue weighted by Gasteiger charge is 2.14. The zero-order chi connectivity index (χ0) is 11.8. The fourth-order valence-electron chi connectivity index (χ4n) is 1.67. The Morgan fingerprint density at radius 1 is 1.19 bits per heavy atom. The Labute approximate surface area is 99.0 Å². The van der Waals surface area contributed by atoms with E-state index in [1.165, 1.54) is 6.42 Å². The Bertz CT molecular complexity index is 273. The van der Waals surface area contributed by atoms with E-state index in [0.717, 1.165) is 18.9 Å². The van der Waals surface area contributed by atoms with Crippen molar-refractivity contribution in [3.8, 4) is 5.75 Å². The van der Waals surface area contributed by atoms with Crippen LogP contribution >= 0.6 is 0 Å². The number of nitrogens with one attached hydrogen (secondary N) is 1. The van der Waals surface area contributed by atoms with E-state index in [-0.39, 0.29) is 0 Å². The molecule has 0 radical (unpaired) electrons. The number of hydrogen-bond acceptors (Lipinski definition) is 2. The van der Waals surface area contributed by atoms with Gasteiger partial charge in [-0.2, -0.15) is 0 Å². The summed E-state index contributed by atoms with van der Waals surface area (Å²) in [7, 11) is 0. The minimum atomic E-state index is 0.440. The van der Waals surface area contributed by atoms with Gasteiger partial charge in [0.05, 0.1) is 0 Å². The van der Waals surface area contributed by atoms with E-state index in [2.05, 4.69) is 26.1 Å². The monoisotopic (exact) mass is 221 g/mol. The van der Waals surface area contributed by atoms with E-state index in [4.69, 9.17) is 4.74 Å². The lowest BCUT2D eigenvalue weighted by atomic mass is 10.00. The van der Waals surface area contributed by atoms with Crippen molar-refractivity contribution in [2.24, 2.45) is 5.92 Å². The summed E-state index contributed by atoms with van der Waals surface area (Å²) in [5, 5.41) is 3.48. The maximum absolute atomic E-state index is 5.78. The summed E-state index contributed by atoms with van der Waals surface area (Å²) in [6.07, 6.45) is 1.18. The molecular formula is C14H23NO. The molecule has 2 unspecified atom stereocenters. The van der Waals surface area contributed by atoms with Crippen LogP contribution in [0, 0.1) is 5.92 Å². The second kappa shape index (κ2) is 7.29. The molecule has 90 valence electrons. The van der Waals surface area contributed by atoms with Crippen molar-refractivity contribution in [1.82, 2.24) is 5.32 Å². The Morgan fingerprint density at radius 2 is 1.88 bits per heavy atom. The van der Waals surface area contributed by atoms with Crippen LogP contribution in [0.15, 0.2) is 30.3 Å². The van der Waals surface area contributed by atoms with E-state index in [0.29, 0.717) is 12.0 Å². The molecule has 0 saturated carbocycles. The third kappa shape index (κ3) is 4.23. The summed E-state index contributed by atoms with van der Waals surface area (Å²) >= 11 is 0.